The number of rotatable bonds is 4. The van der Waals surface area contributed by atoms with Crippen LogP contribution in [0.1, 0.15) is 52.5 Å². The number of amides is 1. The van der Waals surface area contributed by atoms with E-state index in [9.17, 15) is 14.7 Å². The van der Waals surface area contributed by atoms with Gasteiger partial charge in [-0.1, -0.05) is 55.5 Å². The Labute approximate surface area is 185 Å². The van der Waals surface area contributed by atoms with E-state index in [4.69, 9.17) is 4.74 Å². The first kappa shape index (κ1) is 20.2. The highest BCUT2D eigenvalue weighted by atomic mass is 16.6. The van der Waals surface area contributed by atoms with Gasteiger partial charge in [0, 0.05) is 24.9 Å². The third-order valence-corrected chi connectivity index (χ3v) is 6.63. The van der Waals surface area contributed by atoms with Crippen LogP contribution in [0, 0.1) is 5.92 Å². The number of fused-ring (bicyclic) bond motifs is 3. The fraction of sp³-hybridized carbons (Fsp3) is 0.333. The smallest absolute Gasteiger partial charge is 0.409 e. The Balaban J connectivity index is 1.25. The molecule has 8 nitrogen and oxygen atoms in total. The van der Waals surface area contributed by atoms with Crippen LogP contribution in [0.25, 0.3) is 11.1 Å². The topological polar surface area (TPSA) is 108 Å². The van der Waals surface area contributed by atoms with Crippen LogP contribution in [-0.4, -0.2) is 57.2 Å². The summed E-state index contributed by atoms with van der Waals surface area (Å²) < 4.78 is 5.77. The predicted molar refractivity (Wildman–Crippen MR) is 117 cm³/mol. The van der Waals surface area contributed by atoms with E-state index in [0.29, 0.717) is 25.2 Å². The van der Waals surface area contributed by atoms with Crippen LogP contribution in [0.5, 0.6) is 0 Å². The van der Waals surface area contributed by atoms with Crippen LogP contribution in [-0.2, 0) is 4.74 Å². The SMILES string of the molecule is CC1CN(C(=O)OCC2c3ccccc3-c3ccccc32)CCC1c1n[nH]nc1C(=O)O. The second-order valence-electron chi connectivity index (χ2n) is 8.49. The van der Waals surface area contributed by atoms with Gasteiger partial charge in [0.1, 0.15) is 12.3 Å². The zero-order valence-corrected chi connectivity index (χ0v) is 17.7. The number of nitrogens with zero attached hydrogens (tertiary/aromatic N) is 3. The molecule has 0 bridgehead atoms. The summed E-state index contributed by atoms with van der Waals surface area (Å²) in [7, 11) is 0. The van der Waals surface area contributed by atoms with E-state index in [-0.39, 0.29) is 36.1 Å². The number of nitrogens with one attached hydrogen (secondary N) is 1. The number of H-pyrrole nitrogens is 1. The Morgan fingerprint density at radius 1 is 1.09 bits per heavy atom. The molecule has 2 aromatic carbocycles. The number of hydrogen-bond donors (Lipinski definition) is 2. The van der Waals surface area contributed by atoms with Crippen LogP contribution >= 0.6 is 0 Å². The van der Waals surface area contributed by atoms with Crippen molar-refractivity contribution in [2.75, 3.05) is 19.7 Å². The van der Waals surface area contributed by atoms with E-state index >= 15 is 0 Å². The first-order chi connectivity index (χ1) is 15.5. The summed E-state index contributed by atoms with van der Waals surface area (Å²) in [5.74, 6) is -1.11. The summed E-state index contributed by atoms with van der Waals surface area (Å²) in [4.78, 5) is 26.0. The molecule has 8 heteroatoms. The van der Waals surface area contributed by atoms with Crippen molar-refractivity contribution in [2.24, 2.45) is 5.92 Å². The second kappa shape index (κ2) is 8.11. The highest BCUT2D eigenvalue weighted by Gasteiger charge is 2.35. The number of aromatic amines is 1. The van der Waals surface area contributed by atoms with Crippen LogP contribution in [0.15, 0.2) is 48.5 Å². The lowest BCUT2D eigenvalue weighted by Crippen LogP contribution is -2.43. The fourth-order valence-corrected chi connectivity index (χ4v) is 5.06. The summed E-state index contributed by atoms with van der Waals surface area (Å²) in [6, 6.07) is 16.5. The van der Waals surface area contributed by atoms with E-state index in [1.165, 1.54) is 22.3 Å². The molecular formula is C24H24N4O4. The summed E-state index contributed by atoms with van der Waals surface area (Å²) in [6.07, 6.45) is 0.272. The standard InChI is InChI=1S/C24H24N4O4/c1-14-12-28(11-10-15(14)21-22(23(29)30)26-27-25-21)24(31)32-13-20-18-8-4-2-6-16(18)17-7-3-5-9-19(17)20/h2-9,14-15,20H,10-13H2,1H3,(H,29,30)(H,25,26,27). The molecule has 1 aliphatic carbocycles. The molecule has 2 aliphatic rings. The van der Waals surface area contributed by atoms with Gasteiger partial charge in [-0.05, 0) is 34.6 Å². The van der Waals surface area contributed by atoms with Gasteiger partial charge in [0.05, 0.1) is 0 Å². The summed E-state index contributed by atoms with van der Waals surface area (Å²) in [5, 5.41) is 19.5. The number of carboxylic acids is 1. The highest BCUT2D eigenvalue weighted by Crippen LogP contribution is 2.44. The van der Waals surface area contributed by atoms with Crippen LogP contribution in [0.3, 0.4) is 0 Å². The van der Waals surface area contributed by atoms with Crippen LogP contribution in [0.4, 0.5) is 4.79 Å². The van der Waals surface area contributed by atoms with Gasteiger partial charge in [-0.15, -0.1) is 5.10 Å². The average Bonchev–Trinajstić information content (AvgIpc) is 3.41. The molecule has 2 unspecified atom stereocenters. The molecule has 1 fully saturated rings. The maximum Gasteiger partial charge on any atom is 0.409 e. The van der Waals surface area contributed by atoms with Gasteiger partial charge in [-0.25, -0.2) is 9.59 Å². The zero-order valence-electron chi connectivity index (χ0n) is 17.7. The maximum absolute atomic E-state index is 12.9. The van der Waals surface area contributed by atoms with Gasteiger partial charge in [0.15, 0.2) is 5.69 Å². The minimum Gasteiger partial charge on any atom is -0.476 e. The molecule has 5 rings (SSSR count). The minimum absolute atomic E-state index is 0.0227. The normalized spacial score (nSPS) is 20.0. The molecule has 2 atom stereocenters. The van der Waals surface area contributed by atoms with Crippen molar-refractivity contribution in [3.63, 3.8) is 0 Å². The van der Waals surface area contributed by atoms with Gasteiger partial charge in [0.25, 0.3) is 0 Å². The van der Waals surface area contributed by atoms with Crippen LogP contribution in [0.2, 0.25) is 0 Å². The molecule has 2 heterocycles. The Kier molecular flexibility index (Phi) is 5.13. The van der Waals surface area contributed by atoms with Crippen molar-refractivity contribution < 1.29 is 19.4 Å². The lowest BCUT2D eigenvalue weighted by molar-refractivity contribution is 0.0678. The van der Waals surface area contributed by atoms with Gasteiger partial charge in [0.2, 0.25) is 0 Å². The van der Waals surface area contributed by atoms with Gasteiger partial charge < -0.3 is 14.7 Å². The van der Waals surface area contributed by atoms with E-state index in [2.05, 4.69) is 39.7 Å². The molecule has 0 radical (unpaired) electrons. The van der Waals surface area contributed by atoms with Crippen molar-refractivity contribution in [2.45, 2.75) is 25.2 Å². The molecule has 2 N–H and O–H groups in total. The molecule has 32 heavy (non-hydrogen) atoms. The molecule has 1 aromatic heterocycles. The predicted octanol–water partition coefficient (Wildman–Crippen LogP) is 3.88. The Morgan fingerprint density at radius 3 is 2.38 bits per heavy atom. The number of benzene rings is 2. The first-order valence-electron chi connectivity index (χ1n) is 10.8. The quantitative estimate of drug-likeness (QED) is 0.648. The van der Waals surface area contributed by atoms with Gasteiger partial charge in [-0.2, -0.15) is 10.3 Å². The van der Waals surface area contributed by atoms with Crippen molar-refractivity contribution >= 4 is 12.1 Å². The molecule has 164 valence electrons. The van der Waals surface area contributed by atoms with Gasteiger partial charge in [-0.3, -0.25) is 0 Å². The van der Waals surface area contributed by atoms with Crippen molar-refractivity contribution in [1.29, 1.82) is 0 Å². The first-order valence-corrected chi connectivity index (χ1v) is 10.8. The molecule has 1 aliphatic heterocycles. The average molecular weight is 432 g/mol. The Bertz CT molecular complexity index is 1130. The molecule has 1 saturated heterocycles. The third kappa shape index (κ3) is 3.41. The number of piperidine rings is 1. The summed E-state index contributed by atoms with van der Waals surface area (Å²) in [6.45, 7) is 3.24. The number of ether oxygens (including phenoxy) is 1. The summed E-state index contributed by atoms with van der Waals surface area (Å²) >= 11 is 0. The van der Waals surface area contributed by atoms with Crippen molar-refractivity contribution in [1.82, 2.24) is 20.3 Å². The van der Waals surface area contributed by atoms with E-state index in [0.717, 1.165) is 0 Å². The second-order valence-corrected chi connectivity index (χ2v) is 8.49. The van der Waals surface area contributed by atoms with Crippen molar-refractivity contribution in [3.8, 4) is 11.1 Å². The molecule has 1 amide bonds. The number of carbonyl (C=O) groups excluding carboxylic acids is 1. The largest absolute Gasteiger partial charge is 0.476 e. The highest BCUT2D eigenvalue weighted by molar-refractivity contribution is 5.86. The minimum atomic E-state index is -1.10. The third-order valence-electron chi connectivity index (χ3n) is 6.63. The number of aromatic carboxylic acids is 1. The number of hydrogen-bond acceptors (Lipinski definition) is 5. The summed E-state index contributed by atoms with van der Waals surface area (Å²) in [5.41, 5.74) is 5.16. The van der Waals surface area contributed by atoms with Gasteiger partial charge >= 0.3 is 12.1 Å². The fourth-order valence-electron chi connectivity index (χ4n) is 5.06. The maximum atomic E-state index is 12.9. The van der Waals surface area contributed by atoms with Crippen LogP contribution < -0.4 is 0 Å². The zero-order chi connectivity index (χ0) is 22.2. The molecule has 0 saturated carbocycles. The van der Waals surface area contributed by atoms with E-state index in [1.54, 1.807) is 4.90 Å². The number of aromatic nitrogens is 3. The van der Waals surface area contributed by atoms with E-state index in [1.807, 2.05) is 31.2 Å². The molecule has 3 aromatic rings. The lowest BCUT2D eigenvalue weighted by atomic mass is 9.84. The number of likely N-dealkylation sites (tertiary alicyclic amines) is 1. The number of carboxylic acid groups (broad SMARTS) is 1. The monoisotopic (exact) mass is 432 g/mol. The molecule has 0 spiro atoms. The Hall–Kier alpha value is -3.68. The Morgan fingerprint density at radius 2 is 1.75 bits per heavy atom. The van der Waals surface area contributed by atoms with E-state index < -0.39 is 5.97 Å². The van der Waals surface area contributed by atoms with Crippen molar-refractivity contribution in [3.05, 3.63) is 71.0 Å². The number of carbonyl (C=O) groups is 2. The molecular weight excluding hydrogens is 408 g/mol. The lowest BCUT2D eigenvalue weighted by Gasteiger charge is -2.35.